The first-order chi connectivity index (χ1) is 8.99. The highest BCUT2D eigenvalue weighted by Gasteiger charge is 2.34. The van der Waals surface area contributed by atoms with Crippen LogP contribution in [0.5, 0.6) is 0 Å². The molecule has 1 aliphatic rings. The smallest absolute Gasteiger partial charge is 0.0472 e. The molecule has 1 N–H and O–H groups in total. The van der Waals surface area contributed by atoms with Gasteiger partial charge in [-0.15, -0.1) is 0 Å². The van der Waals surface area contributed by atoms with E-state index in [4.69, 9.17) is 4.74 Å². The number of hydrogen-bond donors (Lipinski definition) is 1. The van der Waals surface area contributed by atoms with Gasteiger partial charge in [-0.25, -0.2) is 0 Å². The Labute approximate surface area is 123 Å². The number of rotatable bonds is 8. The van der Waals surface area contributed by atoms with E-state index in [0.717, 1.165) is 19.8 Å². The molecular weight excluding hydrogens is 256 g/mol. The maximum atomic E-state index is 5.57. The molecule has 0 bridgehead atoms. The molecule has 4 heteroatoms. The lowest BCUT2D eigenvalue weighted by Crippen LogP contribution is -2.49. The van der Waals surface area contributed by atoms with Crippen LogP contribution in [0.25, 0.3) is 0 Å². The largest absolute Gasteiger partial charge is 0.381 e. The molecule has 0 aliphatic carbocycles. The second-order valence-electron chi connectivity index (χ2n) is 6.37. The zero-order valence-electron chi connectivity index (χ0n) is 13.4. The molecule has 1 aliphatic heterocycles. The van der Waals surface area contributed by atoms with Crippen LogP contribution in [-0.4, -0.2) is 62.3 Å². The molecule has 3 nitrogen and oxygen atoms in total. The average Bonchev–Trinajstić information content (AvgIpc) is 2.38. The summed E-state index contributed by atoms with van der Waals surface area (Å²) in [6.45, 7) is 10.9. The molecule has 0 aromatic rings. The average molecular weight is 289 g/mol. The SMILES string of the molecule is CSCC(C)N(C)CC1(CNC(C)C)CCOCC1. The first kappa shape index (κ1) is 17.3. The van der Waals surface area contributed by atoms with Crippen molar-refractivity contribution in [1.82, 2.24) is 10.2 Å². The van der Waals surface area contributed by atoms with Crippen LogP contribution in [0.4, 0.5) is 0 Å². The molecule has 0 saturated carbocycles. The Hall–Kier alpha value is 0.230. The van der Waals surface area contributed by atoms with Crippen molar-refractivity contribution < 1.29 is 4.74 Å². The van der Waals surface area contributed by atoms with Gasteiger partial charge in [0, 0.05) is 44.1 Å². The lowest BCUT2D eigenvalue weighted by Gasteiger charge is -2.42. The van der Waals surface area contributed by atoms with Gasteiger partial charge in [0.15, 0.2) is 0 Å². The van der Waals surface area contributed by atoms with E-state index in [2.05, 4.69) is 44.3 Å². The standard InChI is InChI=1S/C15H32N2OS/c1-13(2)16-11-15(6-8-18-9-7-15)12-17(4)14(3)10-19-5/h13-14,16H,6-12H2,1-5H3. The van der Waals surface area contributed by atoms with E-state index in [1.165, 1.54) is 25.1 Å². The van der Waals surface area contributed by atoms with Crippen molar-refractivity contribution in [3.63, 3.8) is 0 Å². The molecule has 114 valence electrons. The molecule has 0 radical (unpaired) electrons. The second-order valence-corrected chi connectivity index (χ2v) is 7.28. The normalized spacial score (nSPS) is 21.0. The summed E-state index contributed by atoms with van der Waals surface area (Å²) in [6, 6.07) is 1.21. The summed E-state index contributed by atoms with van der Waals surface area (Å²) in [5, 5.41) is 3.64. The summed E-state index contributed by atoms with van der Waals surface area (Å²) in [7, 11) is 2.27. The number of thioether (sulfide) groups is 1. The van der Waals surface area contributed by atoms with Crippen molar-refractivity contribution >= 4 is 11.8 Å². The third-order valence-corrected chi connectivity index (χ3v) is 5.00. The van der Waals surface area contributed by atoms with Gasteiger partial charge in [-0.05, 0) is 38.5 Å². The summed E-state index contributed by atoms with van der Waals surface area (Å²) < 4.78 is 5.57. The summed E-state index contributed by atoms with van der Waals surface area (Å²) in [5.41, 5.74) is 0.393. The molecule has 0 spiro atoms. The van der Waals surface area contributed by atoms with Crippen LogP contribution in [-0.2, 0) is 4.74 Å². The predicted molar refractivity (Wildman–Crippen MR) is 86.1 cm³/mol. The minimum Gasteiger partial charge on any atom is -0.381 e. The van der Waals surface area contributed by atoms with Crippen LogP contribution in [0.15, 0.2) is 0 Å². The fourth-order valence-corrected chi connectivity index (χ4v) is 3.41. The molecule has 0 aromatic heterocycles. The van der Waals surface area contributed by atoms with Gasteiger partial charge in [-0.1, -0.05) is 13.8 Å². The minimum absolute atomic E-state index is 0.393. The maximum Gasteiger partial charge on any atom is 0.0472 e. The zero-order valence-corrected chi connectivity index (χ0v) is 14.2. The van der Waals surface area contributed by atoms with Gasteiger partial charge in [0.25, 0.3) is 0 Å². The van der Waals surface area contributed by atoms with E-state index in [-0.39, 0.29) is 0 Å². The Morgan fingerprint density at radius 1 is 1.26 bits per heavy atom. The van der Waals surface area contributed by atoms with Crippen molar-refractivity contribution in [2.24, 2.45) is 5.41 Å². The van der Waals surface area contributed by atoms with Gasteiger partial charge < -0.3 is 15.0 Å². The van der Waals surface area contributed by atoms with Gasteiger partial charge in [0.2, 0.25) is 0 Å². The van der Waals surface area contributed by atoms with Gasteiger partial charge in [0.05, 0.1) is 0 Å². The lowest BCUT2D eigenvalue weighted by molar-refractivity contribution is -0.00518. The highest BCUT2D eigenvalue weighted by molar-refractivity contribution is 7.98. The first-order valence-corrected chi connectivity index (χ1v) is 8.89. The Morgan fingerprint density at radius 3 is 2.42 bits per heavy atom. The molecule has 1 heterocycles. The van der Waals surface area contributed by atoms with E-state index < -0.39 is 0 Å². The molecule has 1 saturated heterocycles. The fourth-order valence-electron chi connectivity index (χ4n) is 2.67. The monoisotopic (exact) mass is 288 g/mol. The van der Waals surface area contributed by atoms with Crippen molar-refractivity contribution in [2.45, 2.75) is 45.7 Å². The van der Waals surface area contributed by atoms with Crippen LogP contribution in [0.2, 0.25) is 0 Å². The Balaban J connectivity index is 2.57. The van der Waals surface area contributed by atoms with E-state index in [1.807, 2.05) is 11.8 Å². The van der Waals surface area contributed by atoms with E-state index >= 15 is 0 Å². The van der Waals surface area contributed by atoms with E-state index in [0.29, 0.717) is 17.5 Å². The van der Waals surface area contributed by atoms with Crippen molar-refractivity contribution in [3.05, 3.63) is 0 Å². The molecule has 19 heavy (non-hydrogen) atoms. The van der Waals surface area contributed by atoms with Gasteiger partial charge in [0.1, 0.15) is 0 Å². The van der Waals surface area contributed by atoms with E-state index in [9.17, 15) is 0 Å². The lowest BCUT2D eigenvalue weighted by atomic mass is 9.79. The molecule has 1 unspecified atom stereocenters. The number of hydrogen-bond acceptors (Lipinski definition) is 4. The third kappa shape index (κ3) is 6.03. The maximum absolute atomic E-state index is 5.57. The topological polar surface area (TPSA) is 24.5 Å². The van der Waals surface area contributed by atoms with E-state index in [1.54, 1.807) is 0 Å². The number of nitrogens with zero attached hydrogens (tertiary/aromatic N) is 1. The van der Waals surface area contributed by atoms with Gasteiger partial charge in [-0.2, -0.15) is 11.8 Å². The third-order valence-electron chi connectivity index (χ3n) is 4.18. The molecular formula is C15H32N2OS. The molecule has 0 aromatic carbocycles. The van der Waals surface area contributed by atoms with Crippen LogP contribution in [0.3, 0.4) is 0 Å². The molecule has 1 fully saturated rings. The van der Waals surface area contributed by atoms with Crippen LogP contribution in [0, 0.1) is 5.41 Å². The quantitative estimate of drug-likeness (QED) is 0.741. The minimum atomic E-state index is 0.393. The van der Waals surface area contributed by atoms with Crippen molar-refractivity contribution in [3.8, 4) is 0 Å². The van der Waals surface area contributed by atoms with Crippen LogP contribution >= 0.6 is 11.8 Å². The number of ether oxygens (including phenoxy) is 1. The fraction of sp³-hybridized carbons (Fsp3) is 1.00. The summed E-state index contributed by atoms with van der Waals surface area (Å²) in [6.07, 6.45) is 4.56. The number of nitrogens with one attached hydrogen (secondary N) is 1. The predicted octanol–water partition coefficient (Wildman–Crippen LogP) is 2.46. The Morgan fingerprint density at radius 2 is 1.89 bits per heavy atom. The zero-order chi connectivity index (χ0) is 14.3. The van der Waals surface area contributed by atoms with Crippen LogP contribution in [0.1, 0.15) is 33.6 Å². The summed E-state index contributed by atoms with van der Waals surface area (Å²) in [5.74, 6) is 1.21. The Bertz CT molecular complexity index is 242. The summed E-state index contributed by atoms with van der Waals surface area (Å²) >= 11 is 1.94. The molecule has 1 rings (SSSR count). The summed E-state index contributed by atoms with van der Waals surface area (Å²) in [4.78, 5) is 2.53. The molecule has 0 amide bonds. The second kappa shape index (κ2) is 8.50. The van der Waals surface area contributed by atoms with Crippen molar-refractivity contribution in [1.29, 1.82) is 0 Å². The molecule has 1 atom stereocenters. The Kier molecular flexibility index (Phi) is 7.73. The first-order valence-electron chi connectivity index (χ1n) is 7.49. The van der Waals surface area contributed by atoms with Crippen LogP contribution < -0.4 is 5.32 Å². The van der Waals surface area contributed by atoms with Gasteiger partial charge >= 0.3 is 0 Å². The van der Waals surface area contributed by atoms with Crippen molar-refractivity contribution in [2.75, 3.05) is 45.4 Å². The van der Waals surface area contributed by atoms with Gasteiger partial charge in [-0.3, -0.25) is 0 Å². The highest BCUT2D eigenvalue weighted by atomic mass is 32.2. The highest BCUT2D eigenvalue weighted by Crippen LogP contribution is 2.31.